The van der Waals surface area contributed by atoms with E-state index in [0.717, 1.165) is 5.92 Å². The van der Waals surface area contributed by atoms with E-state index in [1.807, 2.05) is 0 Å². The first-order valence-corrected chi connectivity index (χ1v) is 7.93. The van der Waals surface area contributed by atoms with Crippen molar-refractivity contribution in [1.82, 2.24) is 0 Å². The molecule has 1 unspecified atom stereocenters. The van der Waals surface area contributed by atoms with Gasteiger partial charge in [0.1, 0.15) is 0 Å². The molecule has 3 rings (SSSR count). The molecule has 1 aromatic carbocycles. The molecule has 0 spiro atoms. The van der Waals surface area contributed by atoms with E-state index in [9.17, 15) is 0 Å². The summed E-state index contributed by atoms with van der Waals surface area (Å²) >= 11 is 0. The highest BCUT2D eigenvalue weighted by Gasteiger charge is 2.19. The minimum Gasteiger partial charge on any atom is -0.383 e. The molecule has 0 bridgehead atoms. The summed E-state index contributed by atoms with van der Waals surface area (Å²) in [5.41, 5.74) is 2.66. The maximum Gasteiger partial charge on any atom is 0.0367 e. The van der Waals surface area contributed by atoms with Crippen LogP contribution in [0.15, 0.2) is 24.3 Å². The van der Waals surface area contributed by atoms with Crippen LogP contribution >= 0.6 is 0 Å². The lowest BCUT2D eigenvalue weighted by atomic mass is 9.81. The van der Waals surface area contributed by atoms with Crippen LogP contribution in [-0.2, 0) is 0 Å². The van der Waals surface area contributed by atoms with E-state index in [-0.39, 0.29) is 0 Å². The SMILES string of the molecule is CC(CC1CCC1)Nc1ccc(N2CCCC2)cc1. The summed E-state index contributed by atoms with van der Waals surface area (Å²) in [4.78, 5) is 2.49. The van der Waals surface area contributed by atoms with E-state index in [2.05, 4.69) is 41.4 Å². The third-order valence-electron chi connectivity index (χ3n) is 4.66. The van der Waals surface area contributed by atoms with Gasteiger partial charge in [-0.1, -0.05) is 19.3 Å². The largest absolute Gasteiger partial charge is 0.383 e. The van der Waals surface area contributed by atoms with Gasteiger partial charge < -0.3 is 10.2 Å². The minimum absolute atomic E-state index is 0.600. The van der Waals surface area contributed by atoms with Crippen LogP contribution in [0, 0.1) is 5.92 Å². The highest BCUT2D eigenvalue weighted by molar-refractivity contribution is 5.55. The first-order chi connectivity index (χ1) is 9.31. The lowest BCUT2D eigenvalue weighted by Crippen LogP contribution is -2.23. The molecule has 2 fully saturated rings. The monoisotopic (exact) mass is 258 g/mol. The summed E-state index contributed by atoms with van der Waals surface area (Å²) in [6.45, 7) is 4.77. The van der Waals surface area contributed by atoms with Crippen molar-refractivity contribution in [3.05, 3.63) is 24.3 Å². The van der Waals surface area contributed by atoms with Gasteiger partial charge in [0.2, 0.25) is 0 Å². The van der Waals surface area contributed by atoms with Gasteiger partial charge in [-0.25, -0.2) is 0 Å². The zero-order valence-corrected chi connectivity index (χ0v) is 12.1. The second kappa shape index (κ2) is 5.85. The molecule has 1 heterocycles. The van der Waals surface area contributed by atoms with Gasteiger partial charge in [-0.2, -0.15) is 0 Å². The number of nitrogens with zero attached hydrogens (tertiary/aromatic N) is 1. The summed E-state index contributed by atoms with van der Waals surface area (Å²) < 4.78 is 0. The molecule has 0 radical (unpaired) electrons. The molecule has 19 heavy (non-hydrogen) atoms. The molecular formula is C17H26N2. The van der Waals surface area contributed by atoms with E-state index in [4.69, 9.17) is 0 Å². The van der Waals surface area contributed by atoms with Crippen LogP contribution in [0.2, 0.25) is 0 Å². The smallest absolute Gasteiger partial charge is 0.0367 e. The molecular weight excluding hydrogens is 232 g/mol. The highest BCUT2D eigenvalue weighted by Crippen LogP contribution is 2.31. The molecule has 1 saturated heterocycles. The van der Waals surface area contributed by atoms with Crippen molar-refractivity contribution in [3.8, 4) is 0 Å². The van der Waals surface area contributed by atoms with Crippen molar-refractivity contribution in [2.24, 2.45) is 5.92 Å². The van der Waals surface area contributed by atoms with E-state index in [0.29, 0.717) is 6.04 Å². The molecule has 104 valence electrons. The average Bonchev–Trinajstić information content (AvgIpc) is 2.89. The maximum atomic E-state index is 3.64. The van der Waals surface area contributed by atoms with Crippen molar-refractivity contribution in [2.75, 3.05) is 23.3 Å². The Morgan fingerprint density at radius 2 is 1.79 bits per heavy atom. The topological polar surface area (TPSA) is 15.3 Å². The summed E-state index contributed by atoms with van der Waals surface area (Å²) in [5, 5.41) is 3.64. The lowest BCUT2D eigenvalue weighted by molar-refractivity contribution is 0.286. The van der Waals surface area contributed by atoms with Crippen molar-refractivity contribution >= 4 is 11.4 Å². The van der Waals surface area contributed by atoms with E-state index >= 15 is 0 Å². The van der Waals surface area contributed by atoms with Crippen molar-refractivity contribution in [2.45, 2.75) is 51.5 Å². The number of rotatable bonds is 5. The Morgan fingerprint density at radius 1 is 1.11 bits per heavy atom. The summed E-state index contributed by atoms with van der Waals surface area (Å²) in [6, 6.07) is 9.62. The molecule has 1 aromatic rings. The Morgan fingerprint density at radius 3 is 2.37 bits per heavy atom. The average molecular weight is 258 g/mol. The number of anilines is 2. The molecule has 0 amide bonds. The van der Waals surface area contributed by atoms with Gasteiger partial charge in [-0.05, 0) is 56.4 Å². The first-order valence-electron chi connectivity index (χ1n) is 7.93. The van der Waals surface area contributed by atoms with Gasteiger partial charge in [-0.3, -0.25) is 0 Å². The van der Waals surface area contributed by atoms with Crippen LogP contribution in [0.4, 0.5) is 11.4 Å². The fourth-order valence-electron chi connectivity index (χ4n) is 3.32. The van der Waals surface area contributed by atoms with E-state index < -0.39 is 0 Å². The van der Waals surface area contributed by atoms with Gasteiger partial charge in [0.15, 0.2) is 0 Å². The van der Waals surface area contributed by atoms with Crippen LogP contribution in [0.1, 0.15) is 45.4 Å². The first kappa shape index (κ1) is 12.8. The number of nitrogens with one attached hydrogen (secondary N) is 1. The fraction of sp³-hybridized carbons (Fsp3) is 0.647. The van der Waals surface area contributed by atoms with Crippen LogP contribution in [0.5, 0.6) is 0 Å². The normalized spacial score (nSPS) is 21.2. The third kappa shape index (κ3) is 3.23. The van der Waals surface area contributed by atoms with Crippen LogP contribution < -0.4 is 10.2 Å². The Kier molecular flexibility index (Phi) is 3.95. The van der Waals surface area contributed by atoms with Gasteiger partial charge in [0.05, 0.1) is 0 Å². The third-order valence-corrected chi connectivity index (χ3v) is 4.66. The second-order valence-electron chi connectivity index (χ2n) is 6.32. The molecule has 1 N–H and O–H groups in total. The second-order valence-corrected chi connectivity index (χ2v) is 6.32. The minimum atomic E-state index is 0.600. The van der Waals surface area contributed by atoms with E-state index in [1.54, 1.807) is 0 Å². The highest BCUT2D eigenvalue weighted by atomic mass is 15.1. The molecule has 2 heteroatoms. The summed E-state index contributed by atoms with van der Waals surface area (Å²) in [7, 11) is 0. The Balaban J connectivity index is 1.52. The van der Waals surface area contributed by atoms with Crippen LogP contribution in [0.3, 0.4) is 0 Å². The molecule has 1 aliphatic carbocycles. The number of hydrogen-bond acceptors (Lipinski definition) is 2. The molecule has 1 saturated carbocycles. The van der Waals surface area contributed by atoms with Gasteiger partial charge in [-0.15, -0.1) is 0 Å². The van der Waals surface area contributed by atoms with Crippen LogP contribution in [-0.4, -0.2) is 19.1 Å². The standard InChI is InChI=1S/C17H26N2/c1-14(13-15-5-4-6-15)18-16-7-9-17(10-8-16)19-11-2-3-12-19/h7-10,14-15,18H,2-6,11-13H2,1H3. The Labute approximate surface area is 117 Å². The maximum absolute atomic E-state index is 3.64. The summed E-state index contributed by atoms with van der Waals surface area (Å²) in [5.74, 6) is 0.978. The van der Waals surface area contributed by atoms with Crippen molar-refractivity contribution in [3.63, 3.8) is 0 Å². The van der Waals surface area contributed by atoms with Crippen LogP contribution in [0.25, 0.3) is 0 Å². The summed E-state index contributed by atoms with van der Waals surface area (Å²) in [6.07, 6.45) is 8.35. The molecule has 1 aliphatic heterocycles. The Hall–Kier alpha value is -1.18. The van der Waals surface area contributed by atoms with Crippen molar-refractivity contribution in [1.29, 1.82) is 0 Å². The van der Waals surface area contributed by atoms with Gasteiger partial charge >= 0.3 is 0 Å². The van der Waals surface area contributed by atoms with E-state index in [1.165, 1.54) is 63.0 Å². The zero-order chi connectivity index (χ0) is 13.1. The fourth-order valence-corrected chi connectivity index (χ4v) is 3.32. The quantitative estimate of drug-likeness (QED) is 0.848. The predicted octanol–water partition coefficient (Wildman–Crippen LogP) is 4.28. The van der Waals surface area contributed by atoms with Gasteiger partial charge in [0, 0.05) is 30.5 Å². The molecule has 1 atom stereocenters. The molecule has 2 nitrogen and oxygen atoms in total. The molecule has 2 aliphatic rings. The predicted molar refractivity (Wildman–Crippen MR) is 82.9 cm³/mol. The number of hydrogen-bond donors (Lipinski definition) is 1. The van der Waals surface area contributed by atoms with Crippen molar-refractivity contribution < 1.29 is 0 Å². The number of benzene rings is 1. The van der Waals surface area contributed by atoms with Gasteiger partial charge in [0.25, 0.3) is 0 Å². The Bertz CT molecular complexity index is 388. The zero-order valence-electron chi connectivity index (χ0n) is 12.1. The lowest BCUT2D eigenvalue weighted by Gasteiger charge is -2.29. The molecule has 0 aromatic heterocycles.